The lowest BCUT2D eigenvalue weighted by molar-refractivity contribution is 0.0527. The predicted octanol–water partition coefficient (Wildman–Crippen LogP) is 5.47. The van der Waals surface area contributed by atoms with Gasteiger partial charge in [-0.1, -0.05) is 45.8 Å². The molecule has 9 nitrogen and oxygen atoms in total. The third kappa shape index (κ3) is 7.92. The molecule has 0 bridgehead atoms. The zero-order valence-electron chi connectivity index (χ0n) is 22.7. The van der Waals surface area contributed by atoms with Gasteiger partial charge >= 0.3 is 6.09 Å². The van der Waals surface area contributed by atoms with Crippen molar-refractivity contribution < 1.29 is 19.1 Å². The Morgan fingerprint density at radius 3 is 2.56 bits per heavy atom. The number of aromatic nitrogens is 2. The number of nitrogens with zero attached hydrogens (tertiary/aromatic N) is 3. The highest BCUT2D eigenvalue weighted by Crippen LogP contribution is 2.34. The number of anilines is 2. The van der Waals surface area contributed by atoms with Gasteiger partial charge in [0.2, 0.25) is 11.8 Å². The number of fused-ring (bicyclic) bond motifs is 1. The van der Waals surface area contributed by atoms with Crippen molar-refractivity contribution in [2.24, 2.45) is 0 Å². The fourth-order valence-electron chi connectivity index (χ4n) is 4.11. The van der Waals surface area contributed by atoms with Crippen LogP contribution in [-0.2, 0) is 17.8 Å². The lowest BCUT2D eigenvalue weighted by Gasteiger charge is -2.20. The smallest absolute Gasteiger partial charge is 0.407 e. The van der Waals surface area contributed by atoms with E-state index in [2.05, 4.69) is 61.7 Å². The molecule has 0 unspecified atom stereocenters. The molecule has 0 radical (unpaired) electrons. The maximum Gasteiger partial charge on any atom is 0.407 e. The molecule has 10 heteroatoms. The van der Waals surface area contributed by atoms with Gasteiger partial charge in [0.1, 0.15) is 17.8 Å². The fraction of sp³-hybridized carbons (Fsp3) is 0.379. The zero-order valence-corrected chi connectivity index (χ0v) is 24.3. The van der Waals surface area contributed by atoms with Crippen LogP contribution in [0.3, 0.4) is 0 Å². The molecule has 2 amide bonds. The first-order valence-corrected chi connectivity index (χ1v) is 13.7. The van der Waals surface area contributed by atoms with E-state index >= 15 is 0 Å². The zero-order chi connectivity index (χ0) is 28.0. The molecule has 1 aliphatic heterocycles. The van der Waals surface area contributed by atoms with E-state index in [1.165, 1.54) is 17.3 Å². The Morgan fingerprint density at radius 2 is 1.82 bits per heavy atom. The molecule has 2 heterocycles. The first-order valence-electron chi connectivity index (χ1n) is 13.0. The van der Waals surface area contributed by atoms with E-state index in [0.717, 1.165) is 28.7 Å². The molecule has 4 rings (SSSR count). The SMILES string of the molecule is Cc1ccc2c(c1)CCN2c1ncc(C(=O)NCCCNC(=O)OC(C)(C)C)c(OCc2ccc(Br)cc2)n1. The summed E-state index contributed by atoms with van der Waals surface area (Å²) in [7, 11) is 0. The summed E-state index contributed by atoms with van der Waals surface area (Å²) in [4.78, 5) is 36.1. The number of amides is 2. The van der Waals surface area contributed by atoms with Gasteiger partial charge in [-0.05, 0) is 69.9 Å². The fourth-order valence-corrected chi connectivity index (χ4v) is 4.38. The van der Waals surface area contributed by atoms with Gasteiger partial charge in [0.25, 0.3) is 5.91 Å². The van der Waals surface area contributed by atoms with Crippen molar-refractivity contribution >= 4 is 39.6 Å². The van der Waals surface area contributed by atoms with Crippen molar-refractivity contribution in [3.8, 4) is 5.88 Å². The van der Waals surface area contributed by atoms with Crippen molar-refractivity contribution in [1.29, 1.82) is 0 Å². The van der Waals surface area contributed by atoms with Crippen LogP contribution in [0.2, 0.25) is 0 Å². The molecule has 2 N–H and O–H groups in total. The molecule has 206 valence electrons. The van der Waals surface area contributed by atoms with Gasteiger partial charge in [-0.2, -0.15) is 4.98 Å². The molecule has 1 aliphatic rings. The number of halogens is 1. The van der Waals surface area contributed by atoms with E-state index < -0.39 is 11.7 Å². The van der Waals surface area contributed by atoms with Crippen LogP contribution in [-0.4, -0.2) is 47.2 Å². The van der Waals surface area contributed by atoms with Crippen LogP contribution in [0.4, 0.5) is 16.4 Å². The Labute approximate surface area is 237 Å². The number of hydrogen-bond donors (Lipinski definition) is 2. The molecule has 0 saturated carbocycles. The van der Waals surface area contributed by atoms with Crippen LogP contribution in [0.1, 0.15) is 54.2 Å². The summed E-state index contributed by atoms with van der Waals surface area (Å²) in [5.74, 6) is 0.358. The van der Waals surface area contributed by atoms with E-state index in [0.29, 0.717) is 25.5 Å². The average molecular weight is 597 g/mol. The first kappa shape index (κ1) is 28.4. The Balaban J connectivity index is 1.45. The van der Waals surface area contributed by atoms with Gasteiger partial charge in [-0.3, -0.25) is 4.79 Å². The summed E-state index contributed by atoms with van der Waals surface area (Å²) in [5, 5.41) is 5.55. The number of nitrogens with one attached hydrogen (secondary N) is 2. The highest BCUT2D eigenvalue weighted by atomic mass is 79.9. The van der Waals surface area contributed by atoms with E-state index in [9.17, 15) is 9.59 Å². The standard InChI is InChI=1S/C29H34BrN5O4/c1-19-6-11-24-21(16-19)12-15-35(24)27-33-17-23(26(34-27)38-18-20-7-9-22(30)10-8-20)25(36)31-13-5-14-32-28(37)39-29(2,3)4/h6-11,16-17H,5,12-15,18H2,1-4H3,(H,31,36)(H,32,37). The normalized spacial score (nSPS) is 12.6. The van der Waals surface area contributed by atoms with Crippen LogP contribution in [0.25, 0.3) is 0 Å². The summed E-state index contributed by atoms with van der Waals surface area (Å²) < 4.78 is 12.3. The van der Waals surface area contributed by atoms with Gasteiger partial charge in [0.05, 0.1) is 0 Å². The molecule has 0 atom stereocenters. The van der Waals surface area contributed by atoms with Crippen LogP contribution < -0.4 is 20.3 Å². The molecule has 3 aromatic rings. The van der Waals surface area contributed by atoms with Crippen LogP contribution in [0.15, 0.2) is 53.1 Å². The van der Waals surface area contributed by atoms with Crippen molar-refractivity contribution in [3.63, 3.8) is 0 Å². The first-order chi connectivity index (χ1) is 18.6. The maximum atomic E-state index is 13.1. The Bertz CT molecular complexity index is 1320. The second-order valence-electron chi connectivity index (χ2n) is 10.4. The van der Waals surface area contributed by atoms with Crippen molar-refractivity contribution in [3.05, 3.63) is 75.4 Å². The topological polar surface area (TPSA) is 106 Å². The maximum absolute atomic E-state index is 13.1. The molecule has 2 aromatic carbocycles. The second kappa shape index (κ2) is 12.5. The van der Waals surface area contributed by atoms with Gasteiger partial charge in [-0.25, -0.2) is 9.78 Å². The Morgan fingerprint density at radius 1 is 1.08 bits per heavy atom. The van der Waals surface area contributed by atoms with E-state index in [1.54, 1.807) is 20.8 Å². The van der Waals surface area contributed by atoms with Gasteiger partial charge in [0.15, 0.2) is 0 Å². The third-order valence-electron chi connectivity index (χ3n) is 5.95. The van der Waals surface area contributed by atoms with Crippen LogP contribution >= 0.6 is 15.9 Å². The monoisotopic (exact) mass is 595 g/mol. The van der Waals surface area contributed by atoms with E-state index in [4.69, 9.17) is 9.47 Å². The molecule has 0 aliphatic carbocycles. The Kier molecular flexibility index (Phi) is 9.06. The van der Waals surface area contributed by atoms with Gasteiger partial charge in [-0.15, -0.1) is 0 Å². The number of ether oxygens (including phenoxy) is 2. The summed E-state index contributed by atoms with van der Waals surface area (Å²) >= 11 is 3.44. The Hall–Kier alpha value is -3.66. The minimum absolute atomic E-state index is 0.216. The molecular formula is C29H34BrN5O4. The van der Waals surface area contributed by atoms with Crippen molar-refractivity contribution in [2.75, 3.05) is 24.5 Å². The molecular weight excluding hydrogens is 562 g/mol. The van der Waals surface area contributed by atoms with E-state index in [-0.39, 0.29) is 24.0 Å². The summed E-state index contributed by atoms with van der Waals surface area (Å²) in [6, 6.07) is 14.1. The number of aryl methyl sites for hydroxylation is 1. The van der Waals surface area contributed by atoms with Crippen molar-refractivity contribution in [2.45, 2.75) is 52.7 Å². The third-order valence-corrected chi connectivity index (χ3v) is 6.48. The number of benzene rings is 2. The lowest BCUT2D eigenvalue weighted by Crippen LogP contribution is -2.34. The number of carbonyl (C=O) groups excluding carboxylic acids is 2. The predicted molar refractivity (Wildman–Crippen MR) is 154 cm³/mol. The van der Waals surface area contributed by atoms with Crippen molar-refractivity contribution in [1.82, 2.24) is 20.6 Å². The minimum Gasteiger partial charge on any atom is -0.472 e. The quantitative estimate of drug-likeness (QED) is 0.316. The average Bonchev–Trinajstić information content (AvgIpc) is 3.30. The van der Waals surface area contributed by atoms with Crippen LogP contribution in [0.5, 0.6) is 5.88 Å². The second-order valence-corrected chi connectivity index (χ2v) is 11.3. The van der Waals surface area contributed by atoms with Gasteiger partial charge < -0.3 is 25.0 Å². The number of rotatable bonds is 9. The molecule has 0 spiro atoms. The summed E-state index contributed by atoms with van der Waals surface area (Å²) in [5.41, 5.74) is 4.15. The van der Waals surface area contributed by atoms with Gasteiger partial charge in [0, 0.05) is 36.0 Å². The molecule has 0 saturated heterocycles. The summed E-state index contributed by atoms with van der Waals surface area (Å²) in [6.07, 6.45) is 2.46. The highest BCUT2D eigenvalue weighted by Gasteiger charge is 2.25. The lowest BCUT2D eigenvalue weighted by atomic mass is 10.1. The van der Waals surface area contributed by atoms with E-state index in [1.807, 2.05) is 29.2 Å². The number of hydrogen-bond acceptors (Lipinski definition) is 7. The molecule has 0 fully saturated rings. The minimum atomic E-state index is -0.562. The summed E-state index contributed by atoms with van der Waals surface area (Å²) in [6.45, 7) is 9.21. The highest BCUT2D eigenvalue weighted by molar-refractivity contribution is 9.10. The number of alkyl carbamates (subject to hydrolysis) is 1. The molecule has 1 aromatic heterocycles. The number of carbonyl (C=O) groups is 2. The van der Waals surface area contributed by atoms with Crippen LogP contribution in [0, 0.1) is 6.92 Å². The largest absolute Gasteiger partial charge is 0.472 e. The molecule has 39 heavy (non-hydrogen) atoms.